The Hall–Kier alpha value is -2.28. The monoisotopic (exact) mass is 259 g/mol. The van der Waals surface area contributed by atoms with Gasteiger partial charge < -0.3 is 9.47 Å². The Morgan fingerprint density at radius 3 is 2.68 bits per heavy atom. The van der Waals surface area contributed by atoms with Crippen LogP contribution in [0.15, 0.2) is 29.8 Å². The van der Waals surface area contributed by atoms with Crippen molar-refractivity contribution in [3.05, 3.63) is 35.4 Å². The summed E-state index contributed by atoms with van der Waals surface area (Å²) < 4.78 is 10.4. The van der Waals surface area contributed by atoms with Crippen LogP contribution in [0.25, 0.3) is 6.08 Å². The van der Waals surface area contributed by atoms with Crippen LogP contribution in [-0.4, -0.2) is 18.7 Å². The second kappa shape index (κ2) is 7.22. The Bertz CT molecular complexity index is 512. The molecule has 0 bridgehead atoms. The Balaban J connectivity index is 3.05. The molecule has 0 aromatic heterocycles. The summed E-state index contributed by atoms with van der Waals surface area (Å²) in [5.41, 5.74) is 0.641. The first kappa shape index (κ1) is 14.8. The van der Waals surface area contributed by atoms with E-state index in [4.69, 9.17) is 14.7 Å². The largest absolute Gasteiger partial charge is 0.493 e. The summed E-state index contributed by atoms with van der Waals surface area (Å²) in [7, 11) is 0. The van der Waals surface area contributed by atoms with Gasteiger partial charge in [0.25, 0.3) is 0 Å². The van der Waals surface area contributed by atoms with Crippen LogP contribution in [0.5, 0.6) is 5.75 Å². The van der Waals surface area contributed by atoms with Gasteiger partial charge in [0.15, 0.2) is 0 Å². The van der Waals surface area contributed by atoms with Crippen LogP contribution in [0.2, 0.25) is 0 Å². The molecular formula is C15H17NO3. The predicted molar refractivity (Wildman–Crippen MR) is 72.4 cm³/mol. The molecule has 4 heteroatoms. The van der Waals surface area contributed by atoms with Gasteiger partial charge in [-0.15, -0.1) is 0 Å². The third kappa shape index (κ3) is 4.47. The molecule has 19 heavy (non-hydrogen) atoms. The van der Waals surface area contributed by atoms with Gasteiger partial charge in [0.05, 0.1) is 12.7 Å². The fourth-order valence-electron chi connectivity index (χ4n) is 1.46. The molecule has 0 radical (unpaired) electrons. The van der Waals surface area contributed by atoms with E-state index < -0.39 is 5.97 Å². The molecule has 1 rings (SSSR count). The molecule has 0 aliphatic rings. The van der Waals surface area contributed by atoms with Gasteiger partial charge in [-0.05, 0) is 32.9 Å². The van der Waals surface area contributed by atoms with Crippen molar-refractivity contribution in [3.8, 4) is 11.8 Å². The first-order chi connectivity index (χ1) is 9.08. The first-order valence-corrected chi connectivity index (χ1v) is 6.13. The molecule has 100 valence electrons. The SMILES string of the molecule is CCOc1ccccc1/C=C(\C#N)C(=O)OC(C)C. The minimum atomic E-state index is -0.621. The number of rotatable bonds is 5. The average molecular weight is 259 g/mol. The lowest BCUT2D eigenvalue weighted by Crippen LogP contribution is -2.12. The van der Waals surface area contributed by atoms with Gasteiger partial charge in [0.2, 0.25) is 0 Å². The van der Waals surface area contributed by atoms with Gasteiger partial charge in [-0.25, -0.2) is 4.79 Å². The van der Waals surface area contributed by atoms with Crippen molar-refractivity contribution < 1.29 is 14.3 Å². The molecule has 0 N–H and O–H groups in total. The quantitative estimate of drug-likeness (QED) is 0.463. The molecule has 1 aromatic carbocycles. The van der Waals surface area contributed by atoms with E-state index in [0.29, 0.717) is 17.9 Å². The van der Waals surface area contributed by atoms with E-state index in [9.17, 15) is 4.79 Å². The Labute approximate surface area is 113 Å². The Kier molecular flexibility index (Phi) is 5.62. The molecule has 0 aliphatic carbocycles. The summed E-state index contributed by atoms with van der Waals surface area (Å²) in [5.74, 6) is 0.0129. The van der Waals surface area contributed by atoms with Gasteiger partial charge in [-0.1, -0.05) is 18.2 Å². The zero-order valence-corrected chi connectivity index (χ0v) is 11.3. The molecule has 0 saturated carbocycles. The van der Waals surface area contributed by atoms with Crippen molar-refractivity contribution in [1.82, 2.24) is 0 Å². The fourth-order valence-corrected chi connectivity index (χ4v) is 1.46. The average Bonchev–Trinajstić information content (AvgIpc) is 2.37. The highest BCUT2D eigenvalue weighted by atomic mass is 16.5. The summed E-state index contributed by atoms with van der Waals surface area (Å²) in [5, 5.41) is 9.03. The molecular weight excluding hydrogens is 242 g/mol. The number of hydrogen-bond donors (Lipinski definition) is 0. The number of carbonyl (C=O) groups is 1. The van der Waals surface area contributed by atoms with E-state index >= 15 is 0 Å². The predicted octanol–water partition coefficient (Wildman–Crippen LogP) is 2.94. The number of esters is 1. The molecule has 0 spiro atoms. The summed E-state index contributed by atoms with van der Waals surface area (Å²) in [6, 6.07) is 9.08. The number of para-hydroxylation sites is 1. The topological polar surface area (TPSA) is 59.3 Å². The molecule has 0 atom stereocenters. The lowest BCUT2D eigenvalue weighted by molar-refractivity contribution is -0.142. The minimum absolute atomic E-state index is 0.0409. The highest BCUT2D eigenvalue weighted by Gasteiger charge is 2.13. The Morgan fingerprint density at radius 1 is 1.42 bits per heavy atom. The number of benzene rings is 1. The van der Waals surface area contributed by atoms with E-state index in [-0.39, 0.29) is 11.7 Å². The van der Waals surface area contributed by atoms with Crippen LogP contribution < -0.4 is 4.74 Å². The van der Waals surface area contributed by atoms with E-state index in [2.05, 4.69) is 0 Å². The van der Waals surface area contributed by atoms with E-state index in [0.717, 1.165) is 0 Å². The molecule has 4 nitrogen and oxygen atoms in total. The third-order valence-corrected chi connectivity index (χ3v) is 2.20. The van der Waals surface area contributed by atoms with Crippen molar-refractivity contribution in [3.63, 3.8) is 0 Å². The molecule has 0 aliphatic heterocycles. The van der Waals surface area contributed by atoms with E-state index in [1.54, 1.807) is 26.0 Å². The van der Waals surface area contributed by atoms with Crippen LogP contribution in [0.1, 0.15) is 26.3 Å². The summed E-state index contributed by atoms with van der Waals surface area (Å²) in [4.78, 5) is 11.7. The molecule has 0 fully saturated rings. The maximum Gasteiger partial charge on any atom is 0.349 e. The molecule has 1 aromatic rings. The number of ether oxygens (including phenoxy) is 2. The van der Waals surface area contributed by atoms with Crippen LogP contribution >= 0.6 is 0 Å². The van der Waals surface area contributed by atoms with Crippen molar-refractivity contribution in [1.29, 1.82) is 5.26 Å². The van der Waals surface area contributed by atoms with Gasteiger partial charge in [0.1, 0.15) is 17.4 Å². The van der Waals surface area contributed by atoms with Crippen LogP contribution in [0, 0.1) is 11.3 Å². The number of carbonyl (C=O) groups excluding carboxylic acids is 1. The number of hydrogen-bond acceptors (Lipinski definition) is 4. The smallest absolute Gasteiger partial charge is 0.349 e. The lowest BCUT2D eigenvalue weighted by atomic mass is 10.1. The fraction of sp³-hybridized carbons (Fsp3) is 0.333. The second-order valence-corrected chi connectivity index (χ2v) is 4.09. The van der Waals surface area contributed by atoms with E-state index in [1.165, 1.54) is 6.08 Å². The van der Waals surface area contributed by atoms with Gasteiger partial charge in [0, 0.05) is 5.56 Å². The van der Waals surface area contributed by atoms with Crippen molar-refractivity contribution in [2.45, 2.75) is 26.9 Å². The molecule has 0 unspecified atom stereocenters. The summed E-state index contributed by atoms with van der Waals surface area (Å²) in [6.07, 6.45) is 1.22. The second-order valence-electron chi connectivity index (χ2n) is 4.09. The molecule has 0 heterocycles. The van der Waals surface area contributed by atoms with Crippen molar-refractivity contribution >= 4 is 12.0 Å². The van der Waals surface area contributed by atoms with Crippen molar-refractivity contribution in [2.75, 3.05) is 6.61 Å². The van der Waals surface area contributed by atoms with Gasteiger partial charge in [-0.2, -0.15) is 5.26 Å². The van der Waals surface area contributed by atoms with Crippen LogP contribution in [0.3, 0.4) is 0 Å². The number of nitrogens with zero attached hydrogens (tertiary/aromatic N) is 1. The van der Waals surface area contributed by atoms with Crippen LogP contribution in [-0.2, 0) is 9.53 Å². The first-order valence-electron chi connectivity index (χ1n) is 6.13. The standard InChI is InChI=1S/C15H17NO3/c1-4-18-14-8-6-5-7-12(14)9-13(10-16)15(17)19-11(2)3/h5-9,11H,4H2,1-3H3/b13-9+. The maximum absolute atomic E-state index is 11.7. The van der Waals surface area contributed by atoms with Gasteiger partial charge >= 0.3 is 5.97 Å². The highest BCUT2D eigenvalue weighted by molar-refractivity contribution is 5.98. The summed E-state index contributed by atoms with van der Waals surface area (Å²) in [6.45, 7) is 5.87. The molecule has 0 amide bonds. The Morgan fingerprint density at radius 2 is 2.11 bits per heavy atom. The molecule has 0 saturated heterocycles. The lowest BCUT2D eigenvalue weighted by Gasteiger charge is -2.08. The van der Waals surface area contributed by atoms with Gasteiger partial charge in [-0.3, -0.25) is 0 Å². The van der Waals surface area contributed by atoms with E-state index in [1.807, 2.05) is 25.1 Å². The zero-order valence-electron chi connectivity index (χ0n) is 11.3. The third-order valence-electron chi connectivity index (χ3n) is 2.20. The number of nitriles is 1. The zero-order chi connectivity index (χ0) is 14.3. The minimum Gasteiger partial charge on any atom is -0.493 e. The van der Waals surface area contributed by atoms with Crippen LogP contribution in [0.4, 0.5) is 0 Å². The normalized spacial score (nSPS) is 11.0. The maximum atomic E-state index is 11.7. The van der Waals surface area contributed by atoms with Crippen molar-refractivity contribution in [2.24, 2.45) is 0 Å². The summed E-state index contributed by atoms with van der Waals surface area (Å²) >= 11 is 0. The highest BCUT2D eigenvalue weighted by Crippen LogP contribution is 2.21.